The molecule has 0 unspecified atom stereocenters. The molecule has 0 bridgehead atoms. The van der Waals surface area contributed by atoms with Crippen molar-refractivity contribution in [3.63, 3.8) is 0 Å². The van der Waals surface area contributed by atoms with Crippen molar-refractivity contribution in [2.75, 3.05) is 26.4 Å². The zero-order valence-electron chi connectivity index (χ0n) is 18.4. The minimum Gasteiger partial charge on any atom is -0.542 e. The van der Waals surface area contributed by atoms with Gasteiger partial charge in [-0.05, 0) is 37.1 Å². The molecule has 3 N–H and O–H groups in total. The van der Waals surface area contributed by atoms with Crippen molar-refractivity contribution in [2.45, 2.75) is 19.0 Å². The van der Waals surface area contributed by atoms with E-state index in [1.54, 1.807) is 0 Å². The van der Waals surface area contributed by atoms with Gasteiger partial charge in [-0.15, -0.1) is 0 Å². The van der Waals surface area contributed by atoms with Gasteiger partial charge in [-0.3, -0.25) is 4.79 Å². The predicted molar refractivity (Wildman–Crippen MR) is 117 cm³/mol. The number of carbonyl (C=O) groups is 2. The van der Waals surface area contributed by atoms with Crippen LogP contribution < -0.4 is 14.8 Å². The minimum atomic E-state index is -5.19. The van der Waals surface area contributed by atoms with Crippen molar-refractivity contribution in [1.29, 1.82) is 0 Å². The molecular formula is C23H23ClF3N3O5. The minimum absolute atomic E-state index is 0.0308. The van der Waals surface area contributed by atoms with Gasteiger partial charge in [-0.2, -0.15) is 17.6 Å². The molecule has 188 valence electrons. The van der Waals surface area contributed by atoms with Gasteiger partial charge in [0, 0.05) is 35.8 Å². The lowest BCUT2D eigenvalue weighted by atomic mass is 9.81. The number of carboxylic acids is 1. The summed E-state index contributed by atoms with van der Waals surface area (Å²) in [6.07, 6.45) is -1.88. The Labute approximate surface area is 203 Å². The van der Waals surface area contributed by atoms with Crippen LogP contribution in [0.2, 0.25) is 5.02 Å². The van der Waals surface area contributed by atoms with Crippen molar-refractivity contribution in [3.8, 4) is 11.3 Å². The molecule has 1 amide bonds. The Bertz CT molecular complexity index is 1190. The maximum absolute atomic E-state index is 13.0. The third-order valence-corrected chi connectivity index (χ3v) is 5.91. The van der Waals surface area contributed by atoms with Gasteiger partial charge in [-0.1, -0.05) is 29.8 Å². The quantitative estimate of drug-likeness (QED) is 0.450. The lowest BCUT2D eigenvalue weighted by Crippen LogP contribution is -2.45. The number of amides is 1. The van der Waals surface area contributed by atoms with Crippen molar-refractivity contribution in [3.05, 3.63) is 59.5 Å². The van der Waals surface area contributed by atoms with Crippen LogP contribution in [0.4, 0.5) is 13.2 Å². The normalized spacial score (nSPS) is 15.2. The van der Waals surface area contributed by atoms with E-state index >= 15 is 0 Å². The Morgan fingerprint density at radius 2 is 1.89 bits per heavy atom. The summed E-state index contributed by atoms with van der Waals surface area (Å²) < 4.78 is 38.8. The molecule has 1 fully saturated rings. The molecular weight excluding hydrogens is 491 g/mol. The number of fused-ring (bicyclic) bond motifs is 1. The first-order valence-corrected chi connectivity index (χ1v) is 11.0. The van der Waals surface area contributed by atoms with Gasteiger partial charge in [0.15, 0.2) is 11.2 Å². The van der Waals surface area contributed by atoms with E-state index in [0.29, 0.717) is 30.6 Å². The molecule has 4 rings (SSSR count). The fourth-order valence-corrected chi connectivity index (χ4v) is 3.85. The smallest absolute Gasteiger partial charge is 0.430 e. The number of aromatic nitrogens is 2. The van der Waals surface area contributed by atoms with Crippen molar-refractivity contribution < 1.29 is 42.1 Å². The van der Waals surface area contributed by atoms with E-state index < -0.39 is 12.1 Å². The van der Waals surface area contributed by atoms with Gasteiger partial charge >= 0.3 is 17.9 Å². The number of H-pyrrole nitrogens is 1. The predicted octanol–water partition coefficient (Wildman–Crippen LogP) is 1.89. The number of alkyl halides is 3. The second-order valence-electron chi connectivity index (χ2n) is 8.05. The third-order valence-electron chi connectivity index (χ3n) is 5.67. The van der Waals surface area contributed by atoms with Crippen LogP contribution in [0.15, 0.2) is 48.7 Å². The number of hydrogen-bond acceptors (Lipinski definition) is 5. The van der Waals surface area contributed by atoms with Crippen LogP contribution in [-0.4, -0.2) is 54.5 Å². The molecule has 1 saturated heterocycles. The number of halogens is 4. The molecule has 2 aromatic heterocycles. The Kier molecular flexibility index (Phi) is 8.36. The SMILES string of the molecule is O=C(NCC1(CO)CCOCC1)c1[nH]c(-c2cccc(Cl)c2)c2cccc[n+]12.O=C([O-])C(F)(F)F. The first kappa shape index (κ1) is 26.5. The van der Waals surface area contributed by atoms with Crippen LogP contribution in [0.3, 0.4) is 0 Å². The van der Waals surface area contributed by atoms with E-state index in [9.17, 15) is 23.1 Å². The molecule has 1 aliphatic rings. The summed E-state index contributed by atoms with van der Waals surface area (Å²) in [6.45, 7) is 1.65. The summed E-state index contributed by atoms with van der Waals surface area (Å²) in [5.74, 6) is -2.79. The number of aliphatic hydroxyl groups excluding tert-OH is 1. The number of aromatic amines is 1. The van der Waals surface area contributed by atoms with Crippen LogP contribution in [0.25, 0.3) is 16.8 Å². The van der Waals surface area contributed by atoms with Gasteiger partial charge in [0.2, 0.25) is 0 Å². The summed E-state index contributed by atoms with van der Waals surface area (Å²) >= 11 is 6.15. The number of ether oxygens (including phenoxy) is 1. The highest BCUT2D eigenvalue weighted by atomic mass is 35.5. The van der Waals surface area contributed by atoms with Gasteiger partial charge in [-0.25, -0.2) is 4.98 Å². The van der Waals surface area contributed by atoms with Crippen LogP contribution >= 0.6 is 11.6 Å². The molecule has 1 aliphatic heterocycles. The maximum Gasteiger partial charge on any atom is 0.430 e. The first-order chi connectivity index (χ1) is 16.6. The number of aliphatic hydroxyl groups is 1. The van der Waals surface area contributed by atoms with E-state index in [0.717, 1.165) is 29.6 Å². The second-order valence-corrected chi connectivity index (χ2v) is 8.49. The molecule has 0 aliphatic carbocycles. The fourth-order valence-electron chi connectivity index (χ4n) is 3.66. The van der Waals surface area contributed by atoms with Gasteiger partial charge in [0.25, 0.3) is 0 Å². The Morgan fingerprint density at radius 1 is 1.20 bits per heavy atom. The fraction of sp³-hybridized carbons (Fsp3) is 0.348. The van der Waals surface area contributed by atoms with Crippen LogP contribution in [-0.2, 0) is 9.53 Å². The molecule has 12 heteroatoms. The number of benzene rings is 1. The topological polar surface area (TPSA) is 119 Å². The molecule has 0 radical (unpaired) electrons. The van der Waals surface area contributed by atoms with Crippen molar-refractivity contribution >= 4 is 29.0 Å². The highest BCUT2D eigenvalue weighted by molar-refractivity contribution is 6.30. The largest absolute Gasteiger partial charge is 0.542 e. The summed E-state index contributed by atoms with van der Waals surface area (Å²) in [7, 11) is 0. The third kappa shape index (κ3) is 6.50. The maximum atomic E-state index is 13.0. The Balaban J connectivity index is 0.000000429. The highest BCUT2D eigenvalue weighted by Gasteiger charge is 2.34. The monoisotopic (exact) mass is 513 g/mol. The average Bonchev–Trinajstić information content (AvgIpc) is 3.23. The number of rotatable bonds is 5. The molecule has 1 aromatic carbocycles. The van der Waals surface area contributed by atoms with E-state index in [2.05, 4.69) is 10.3 Å². The number of pyridine rings is 1. The number of nitrogens with zero attached hydrogens (tertiary/aromatic N) is 1. The summed E-state index contributed by atoms with van der Waals surface area (Å²) in [5.41, 5.74) is 2.30. The lowest BCUT2D eigenvalue weighted by Gasteiger charge is -2.35. The van der Waals surface area contributed by atoms with Gasteiger partial charge in [0.1, 0.15) is 5.97 Å². The molecule has 0 spiro atoms. The number of hydrogen-bond donors (Lipinski definition) is 3. The Morgan fingerprint density at radius 3 is 2.49 bits per heavy atom. The number of carboxylic acid groups (broad SMARTS) is 1. The first-order valence-electron chi connectivity index (χ1n) is 10.6. The zero-order valence-corrected chi connectivity index (χ0v) is 19.2. The molecule has 8 nitrogen and oxygen atoms in total. The van der Waals surface area contributed by atoms with Crippen molar-refractivity contribution in [2.24, 2.45) is 5.41 Å². The summed E-state index contributed by atoms with van der Waals surface area (Å²) in [6, 6.07) is 13.3. The van der Waals surface area contributed by atoms with Gasteiger partial charge in [0.05, 0.1) is 12.8 Å². The standard InChI is InChI=1S/C21H22ClN3O3.C2HF3O2/c22-16-5-3-4-15(12-16)18-17-6-1-2-9-25(17)19(24-18)20(27)23-13-21(14-26)7-10-28-11-8-21;3-2(4,5)1(6)7/h1-6,9,12,26H,7-8,10-11,13-14H2,(H,23,27);(H,6,7). The average molecular weight is 514 g/mol. The lowest BCUT2D eigenvalue weighted by molar-refractivity contribution is -0.513. The number of aliphatic carboxylic acids is 1. The summed E-state index contributed by atoms with van der Waals surface area (Å²) in [5, 5.41) is 22.3. The molecule has 0 saturated carbocycles. The molecule has 3 aromatic rings. The second kappa shape index (κ2) is 11.1. The van der Waals surface area contributed by atoms with E-state index in [4.69, 9.17) is 26.2 Å². The molecule has 35 heavy (non-hydrogen) atoms. The zero-order chi connectivity index (χ0) is 25.6. The summed E-state index contributed by atoms with van der Waals surface area (Å²) in [4.78, 5) is 25.0. The van der Waals surface area contributed by atoms with Crippen LogP contribution in [0, 0.1) is 5.41 Å². The highest BCUT2D eigenvalue weighted by Crippen LogP contribution is 2.29. The molecule has 3 heterocycles. The van der Waals surface area contributed by atoms with E-state index in [-0.39, 0.29) is 17.9 Å². The van der Waals surface area contributed by atoms with E-state index in [1.165, 1.54) is 0 Å². The van der Waals surface area contributed by atoms with Gasteiger partial charge < -0.3 is 25.1 Å². The number of nitrogens with one attached hydrogen (secondary N) is 2. The van der Waals surface area contributed by atoms with E-state index in [1.807, 2.05) is 53.1 Å². The van der Waals surface area contributed by atoms with Crippen molar-refractivity contribution in [1.82, 2.24) is 10.3 Å². The number of carbonyl (C=O) groups excluding carboxylic acids is 2. The number of imidazole rings is 1. The van der Waals surface area contributed by atoms with Crippen LogP contribution in [0.5, 0.6) is 0 Å². The molecule has 0 atom stereocenters. The Hall–Kier alpha value is -3.15. The van der Waals surface area contributed by atoms with Crippen LogP contribution in [0.1, 0.15) is 23.5 Å².